The van der Waals surface area contributed by atoms with Gasteiger partial charge in [-0.05, 0) is 61.7 Å². The van der Waals surface area contributed by atoms with Crippen molar-refractivity contribution in [3.63, 3.8) is 0 Å². The van der Waals surface area contributed by atoms with Gasteiger partial charge in [0.1, 0.15) is 12.3 Å². The Labute approximate surface area is 229 Å². The molecule has 1 unspecified atom stereocenters. The molecule has 198 valence electrons. The van der Waals surface area contributed by atoms with E-state index in [0.717, 1.165) is 36.0 Å². The molecule has 6 nitrogen and oxygen atoms in total. The first-order valence-corrected chi connectivity index (χ1v) is 13.8. The van der Waals surface area contributed by atoms with Crippen molar-refractivity contribution in [3.8, 4) is 5.75 Å². The highest BCUT2D eigenvalue weighted by Gasteiger charge is 2.25. The topological polar surface area (TPSA) is 54.8 Å². The minimum atomic E-state index is -0.180. The van der Waals surface area contributed by atoms with Crippen LogP contribution in [0, 0.1) is 0 Å². The van der Waals surface area contributed by atoms with E-state index in [0.29, 0.717) is 18.8 Å². The number of aromatic nitrogens is 1. The van der Waals surface area contributed by atoms with Gasteiger partial charge in [-0.1, -0.05) is 66.5 Å². The number of amides is 2. The Morgan fingerprint density at radius 1 is 0.973 bits per heavy atom. The first-order valence-electron chi connectivity index (χ1n) is 13.0. The molecule has 3 rings (SSSR count). The van der Waals surface area contributed by atoms with E-state index in [9.17, 15) is 9.59 Å². The van der Waals surface area contributed by atoms with Crippen LogP contribution in [0.3, 0.4) is 0 Å². The number of hydrogen-bond donors (Lipinski definition) is 0. The first kappa shape index (κ1) is 28.5. The highest BCUT2D eigenvalue weighted by atomic mass is 79.9. The monoisotopic (exact) mass is 567 g/mol. The second kappa shape index (κ2) is 14.6. The fourth-order valence-electron chi connectivity index (χ4n) is 4.07. The Morgan fingerprint density at radius 3 is 2.38 bits per heavy atom. The second-order valence-corrected chi connectivity index (χ2v) is 10.2. The molecule has 1 aromatic heterocycles. The van der Waals surface area contributed by atoms with Crippen molar-refractivity contribution in [1.29, 1.82) is 0 Å². The number of carbonyl (C=O) groups is 2. The van der Waals surface area contributed by atoms with Gasteiger partial charge < -0.3 is 19.1 Å². The summed E-state index contributed by atoms with van der Waals surface area (Å²) in [6.07, 6.45) is 4.71. The minimum absolute atomic E-state index is 0.0433. The van der Waals surface area contributed by atoms with E-state index in [1.807, 2.05) is 67.3 Å². The largest absolute Gasteiger partial charge is 0.484 e. The summed E-state index contributed by atoms with van der Waals surface area (Å²) in [5, 5.41) is 0. The smallest absolute Gasteiger partial charge is 0.261 e. The molecule has 0 radical (unpaired) electrons. The number of hydrogen-bond acceptors (Lipinski definition) is 3. The summed E-state index contributed by atoms with van der Waals surface area (Å²) >= 11 is 3.49. The Morgan fingerprint density at radius 2 is 1.70 bits per heavy atom. The lowest BCUT2D eigenvalue weighted by Gasteiger charge is -2.31. The molecule has 0 spiro atoms. The fraction of sp³-hybridized carbons (Fsp3) is 0.400. The van der Waals surface area contributed by atoms with Gasteiger partial charge in [0.25, 0.3) is 5.91 Å². The van der Waals surface area contributed by atoms with Crippen molar-refractivity contribution in [1.82, 2.24) is 14.4 Å². The number of nitrogens with zero attached hydrogens (tertiary/aromatic N) is 3. The normalized spacial score (nSPS) is 11.7. The predicted molar refractivity (Wildman–Crippen MR) is 151 cm³/mol. The second-order valence-electron chi connectivity index (χ2n) is 9.30. The van der Waals surface area contributed by atoms with Crippen molar-refractivity contribution in [3.05, 3.63) is 88.7 Å². The summed E-state index contributed by atoms with van der Waals surface area (Å²) in [6, 6.07) is 21.6. The number of ether oxygens (including phenoxy) is 1. The van der Waals surface area contributed by atoms with E-state index in [2.05, 4.69) is 51.8 Å². The van der Waals surface area contributed by atoms with Crippen molar-refractivity contribution < 1.29 is 14.3 Å². The number of carbonyl (C=O) groups excluding carboxylic acids is 2. The molecule has 1 heterocycles. The SMILES string of the molecule is CCCCN(Cc1cccn1Cc1ccc(Br)cc1)C(=O)CN(C(=O)COc1ccccc1)C(C)CC. The molecule has 0 aliphatic carbocycles. The quantitative estimate of drug-likeness (QED) is 0.235. The molecule has 0 aliphatic rings. The lowest BCUT2D eigenvalue weighted by molar-refractivity contribution is -0.144. The third kappa shape index (κ3) is 8.78. The Bertz CT molecular complexity index is 1110. The van der Waals surface area contributed by atoms with E-state index >= 15 is 0 Å². The van der Waals surface area contributed by atoms with E-state index in [-0.39, 0.29) is 31.0 Å². The van der Waals surface area contributed by atoms with Gasteiger partial charge in [0, 0.05) is 35.5 Å². The molecule has 0 fully saturated rings. The first-order chi connectivity index (χ1) is 17.9. The third-order valence-corrected chi connectivity index (χ3v) is 7.06. The highest BCUT2D eigenvalue weighted by Crippen LogP contribution is 2.16. The molecule has 1 atom stereocenters. The zero-order valence-corrected chi connectivity index (χ0v) is 23.7. The number of rotatable bonds is 14. The Kier molecular flexibility index (Phi) is 11.3. The van der Waals surface area contributed by atoms with Gasteiger partial charge >= 0.3 is 0 Å². The van der Waals surface area contributed by atoms with Crippen LogP contribution in [0.25, 0.3) is 0 Å². The number of unbranched alkanes of at least 4 members (excludes halogenated alkanes) is 1. The standard InChI is InChI=1S/C30H38BrN3O3/c1-4-6-18-33(21-27-11-10-19-32(27)20-25-14-16-26(31)17-15-25)29(35)22-34(24(3)5-2)30(36)23-37-28-12-8-7-9-13-28/h7-17,19,24H,4-6,18,20-23H2,1-3H3. The molecule has 2 amide bonds. The van der Waals surface area contributed by atoms with Crippen LogP contribution < -0.4 is 4.74 Å². The Balaban J connectivity index is 1.70. The Hall–Kier alpha value is -3.06. The zero-order chi connectivity index (χ0) is 26.6. The van der Waals surface area contributed by atoms with Gasteiger partial charge in [0.15, 0.2) is 6.61 Å². The average molecular weight is 569 g/mol. The summed E-state index contributed by atoms with van der Waals surface area (Å²) in [4.78, 5) is 30.2. The molecule has 0 saturated heterocycles. The van der Waals surface area contributed by atoms with Crippen LogP contribution in [0.15, 0.2) is 77.4 Å². The summed E-state index contributed by atoms with van der Waals surface area (Å²) in [7, 11) is 0. The van der Waals surface area contributed by atoms with Crippen molar-refractivity contribution in [2.24, 2.45) is 0 Å². The lowest BCUT2D eigenvalue weighted by Crippen LogP contribution is -2.48. The summed E-state index contributed by atoms with van der Waals surface area (Å²) in [5.74, 6) is 0.418. The van der Waals surface area contributed by atoms with E-state index in [1.165, 1.54) is 5.56 Å². The predicted octanol–water partition coefficient (Wildman–Crippen LogP) is 6.13. The van der Waals surface area contributed by atoms with Crippen LogP contribution in [0.2, 0.25) is 0 Å². The van der Waals surface area contributed by atoms with Crippen LogP contribution in [-0.4, -0.2) is 51.9 Å². The average Bonchev–Trinajstić information content (AvgIpc) is 3.35. The van der Waals surface area contributed by atoms with Crippen molar-refractivity contribution >= 4 is 27.7 Å². The molecule has 3 aromatic rings. The molecule has 0 aliphatic heterocycles. The molecule has 37 heavy (non-hydrogen) atoms. The van der Waals surface area contributed by atoms with Crippen molar-refractivity contribution in [2.45, 2.75) is 59.2 Å². The number of halogens is 1. The molecule has 0 saturated carbocycles. The maximum Gasteiger partial charge on any atom is 0.261 e. The molecule has 2 aromatic carbocycles. The van der Waals surface area contributed by atoms with Gasteiger partial charge in [0.2, 0.25) is 5.91 Å². The maximum atomic E-state index is 13.6. The summed E-state index contributed by atoms with van der Waals surface area (Å²) < 4.78 is 8.93. The van der Waals surface area contributed by atoms with E-state index in [1.54, 1.807) is 4.90 Å². The van der Waals surface area contributed by atoms with Gasteiger partial charge in [-0.15, -0.1) is 0 Å². The van der Waals surface area contributed by atoms with Gasteiger partial charge in [-0.25, -0.2) is 0 Å². The molecular formula is C30H38BrN3O3. The van der Waals surface area contributed by atoms with E-state index in [4.69, 9.17) is 4.74 Å². The number of para-hydroxylation sites is 1. The summed E-state index contributed by atoms with van der Waals surface area (Å²) in [5.41, 5.74) is 2.26. The van der Waals surface area contributed by atoms with Crippen molar-refractivity contribution in [2.75, 3.05) is 19.7 Å². The van der Waals surface area contributed by atoms with Crippen LogP contribution >= 0.6 is 15.9 Å². The third-order valence-electron chi connectivity index (χ3n) is 6.53. The van der Waals surface area contributed by atoms with Gasteiger partial charge in [-0.2, -0.15) is 0 Å². The maximum absolute atomic E-state index is 13.6. The highest BCUT2D eigenvalue weighted by molar-refractivity contribution is 9.10. The zero-order valence-electron chi connectivity index (χ0n) is 22.1. The molecule has 0 N–H and O–H groups in total. The van der Waals surface area contributed by atoms with Crippen LogP contribution in [0.4, 0.5) is 0 Å². The number of benzene rings is 2. The minimum Gasteiger partial charge on any atom is -0.484 e. The van der Waals surface area contributed by atoms with E-state index < -0.39 is 0 Å². The molecule has 0 bridgehead atoms. The van der Waals surface area contributed by atoms with Crippen LogP contribution in [0.5, 0.6) is 5.75 Å². The van der Waals surface area contributed by atoms with Gasteiger partial charge in [0.05, 0.1) is 6.54 Å². The molecule has 7 heteroatoms. The van der Waals surface area contributed by atoms with Crippen LogP contribution in [0.1, 0.15) is 51.3 Å². The molecular weight excluding hydrogens is 530 g/mol. The summed E-state index contributed by atoms with van der Waals surface area (Å²) in [6.45, 7) is 7.97. The van der Waals surface area contributed by atoms with Gasteiger partial charge in [-0.3, -0.25) is 9.59 Å². The fourth-order valence-corrected chi connectivity index (χ4v) is 4.34. The lowest BCUT2D eigenvalue weighted by atomic mass is 10.2. The van der Waals surface area contributed by atoms with Crippen LogP contribution in [-0.2, 0) is 22.7 Å².